The van der Waals surface area contributed by atoms with Crippen LogP contribution in [0.15, 0.2) is 47.1 Å². The number of ether oxygens (including phenoxy) is 1. The van der Waals surface area contributed by atoms with E-state index in [1.807, 2.05) is 51.1 Å². The lowest BCUT2D eigenvalue weighted by Gasteiger charge is -2.12. The molecule has 0 spiro atoms. The Morgan fingerprint density at radius 1 is 1.19 bits per heavy atom. The lowest BCUT2D eigenvalue weighted by molar-refractivity contribution is 0.361. The van der Waals surface area contributed by atoms with E-state index in [1.54, 1.807) is 12.1 Å². The molecule has 0 aliphatic rings. The second-order valence-electron chi connectivity index (χ2n) is 6.14. The van der Waals surface area contributed by atoms with E-state index in [0.717, 1.165) is 5.69 Å². The minimum Gasteiger partial charge on any atom is -0.439 e. The van der Waals surface area contributed by atoms with E-state index < -0.39 is 0 Å². The Balaban J connectivity index is 1.69. The van der Waals surface area contributed by atoms with Crippen LogP contribution in [-0.2, 0) is 0 Å². The number of hydrogen-bond donors (Lipinski definition) is 1. The molecule has 1 atom stereocenters. The third-order valence-corrected chi connectivity index (χ3v) is 3.65. The van der Waals surface area contributed by atoms with Crippen LogP contribution >= 0.6 is 0 Å². The van der Waals surface area contributed by atoms with Crippen molar-refractivity contribution in [1.29, 1.82) is 5.26 Å². The fourth-order valence-electron chi connectivity index (χ4n) is 2.25. The topological polar surface area (TPSA) is 96.9 Å². The Hall–Kier alpha value is -3.40. The van der Waals surface area contributed by atoms with Crippen LogP contribution in [-0.4, -0.2) is 15.1 Å². The number of hydrogen-bond acceptors (Lipinski definition) is 7. The number of nitrogens with zero attached hydrogens (tertiary/aromatic N) is 4. The van der Waals surface area contributed by atoms with Gasteiger partial charge in [0.05, 0.1) is 5.56 Å². The molecule has 1 N–H and O–H groups in total. The van der Waals surface area contributed by atoms with Crippen molar-refractivity contribution in [1.82, 2.24) is 15.1 Å². The largest absolute Gasteiger partial charge is 0.439 e. The Morgan fingerprint density at radius 2 is 2.04 bits per heavy atom. The highest BCUT2D eigenvalue weighted by molar-refractivity contribution is 5.49. The molecule has 0 aliphatic carbocycles. The molecule has 0 radical (unpaired) electrons. The number of anilines is 1. The fraction of sp³-hybridized carbons (Fsp3) is 0.263. The second-order valence-corrected chi connectivity index (χ2v) is 6.14. The molecule has 0 saturated carbocycles. The third kappa shape index (κ3) is 4.16. The molecular weight excluding hydrogens is 330 g/mol. The van der Waals surface area contributed by atoms with Crippen LogP contribution in [0, 0.1) is 11.3 Å². The highest BCUT2D eigenvalue weighted by Gasteiger charge is 2.16. The first-order valence-corrected chi connectivity index (χ1v) is 8.29. The van der Waals surface area contributed by atoms with Crippen molar-refractivity contribution < 1.29 is 9.26 Å². The van der Waals surface area contributed by atoms with Crippen molar-refractivity contribution in [3.05, 3.63) is 59.9 Å². The molecule has 1 aromatic carbocycles. The predicted octanol–water partition coefficient (Wildman–Crippen LogP) is 4.43. The van der Waals surface area contributed by atoms with Gasteiger partial charge in [-0.1, -0.05) is 25.1 Å². The molecule has 3 rings (SSSR count). The van der Waals surface area contributed by atoms with Crippen LogP contribution in [0.1, 0.15) is 50.0 Å². The van der Waals surface area contributed by atoms with E-state index in [9.17, 15) is 0 Å². The van der Waals surface area contributed by atoms with Gasteiger partial charge in [-0.3, -0.25) is 0 Å². The number of nitriles is 1. The van der Waals surface area contributed by atoms with Crippen molar-refractivity contribution in [2.75, 3.05) is 5.32 Å². The number of aromatic nitrogens is 3. The van der Waals surface area contributed by atoms with Gasteiger partial charge in [0.2, 0.25) is 11.8 Å². The summed E-state index contributed by atoms with van der Waals surface area (Å²) in [4.78, 5) is 8.51. The van der Waals surface area contributed by atoms with Gasteiger partial charge in [-0.25, -0.2) is 4.98 Å². The Morgan fingerprint density at radius 3 is 2.69 bits per heavy atom. The first-order chi connectivity index (χ1) is 12.5. The smallest absolute Gasteiger partial charge is 0.248 e. The minimum atomic E-state index is -0.140. The molecular formula is C19H19N5O2. The molecule has 0 unspecified atom stereocenters. The highest BCUT2D eigenvalue weighted by atomic mass is 16.5. The van der Waals surface area contributed by atoms with Crippen molar-refractivity contribution in [2.24, 2.45) is 0 Å². The number of pyridine rings is 1. The molecule has 0 amide bonds. The van der Waals surface area contributed by atoms with Crippen LogP contribution in [0.3, 0.4) is 0 Å². The number of rotatable bonds is 6. The standard InChI is InChI=1S/C19H19N5O2/c1-12(2)18-23-19(26-24-18)13(3)22-15-5-4-6-16(9-15)25-17-8-7-14(10-20)11-21-17/h4-9,11-13,22H,1-3H3/t13-/m0/s1. The second kappa shape index (κ2) is 7.66. The van der Waals surface area contributed by atoms with Crippen LogP contribution in [0.4, 0.5) is 5.69 Å². The summed E-state index contributed by atoms with van der Waals surface area (Å²) < 4.78 is 11.0. The average Bonchev–Trinajstić information content (AvgIpc) is 3.13. The zero-order chi connectivity index (χ0) is 18.5. The van der Waals surface area contributed by atoms with Gasteiger partial charge in [0, 0.05) is 29.9 Å². The summed E-state index contributed by atoms with van der Waals surface area (Å²) in [5, 5.41) is 16.1. The third-order valence-electron chi connectivity index (χ3n) is 3.65. The van der Waals surface area contributed by atoms with E-state index in [4.69, 9.17) is 14.5 Å². The molecule has 2 aromatic heterocycles. The maximum Gasteiger partial charge on any atom is 0.248 e. The van der Waals surface area contributed by atoms with E-state index in [-0.39, 0.29) is 12.0 Å². The summed E-state index contributed by atoms with van der Waals surface area (Å²) >= 11 is 0. The molecule has 0 fully saturated rings. The summed E-state index contributed by atoms with van der Waals surface area (Å²) in [5.74, 6) is 2.50. The molecule has 7 heteroatoms. The van der Waals surface area contributed by atoms with Crippen molar-refractivity contribution in [3.63, 3.8) is 0 Å². The van der Waals surface area contributed by atoms with Crippen molar-refractivity contribution in [3.8, 4) is 17.7 Å². The molecule has 0 bridgehead atoms. The van der Waals surface area contributed by atoms with Crippen LogP contribution < -0.4 is 10.1 Å². The molecule has 2 heterocycles. The maximum atomic E-state index is 8.81. The fourth-order valence-corrected chi connectivity index (χ4v) is 2.25. The lowest BCUT2D eigenvalue weighted by Crippen LogP contribution is -2.07. The Labute approximate surface area is 151 Å². The molecule has 7 nitrogen and oxygen atoms in total. The summed E-state index contributed by atoms with van der Waals surface area (Å²) in [5.41, 5.74) is 1.34. The maximum absolute atomic E-state index is 8.81. The molecule has 0 aliphatic heterocycles. The molecule has 26 heavy (non-hydrogen) atoms. The lowest BCUT2D eigenvalue weighted by atomic mass is 10.2. The van der Waals surface area contributed by atoms with Gasteiger partial charge < -0.3 is 14.6 Å². The molecule has 132 valence electrons. The Kier molecular flexibility index (Phi) is 5.13. The Bertz CT molecular complexity index is 912. The quantitative estimate of drug-likeness (QED) is 0.703. The number of benzene rings is 1. The van der Waals surface area contributed by atoms with Gasteiger partial charge in [-0.2, -0.15) is 10.2 Å². The van der Waals surface area contributed by atoms with E-state index in [0.29, 0.717) is 28.9 Å². The van der Waals surface area contributed by atoms with Crippen molar-refractivity contribution >= 4 is 5.69 Å². The molecule has 3 aromatic rings. The predicted molar refractivity (Wildman–Crippen MR) is 95.9 cm³/mol. The average molecular weight is 349 g/mol. The highest BCUT2D eigenvalue weighted by Crippen LogP contribution is 2.25. The van der Waals surface area contributed by atoms with E-state index in [1.165, 1.54) is 6.20 Å². The summed E-state index contributed by atoms with van der Waals surface area (Å²) in [6.07, 6.45) is 1.47. The minimum absolute atomic E-state index is 0.140. The SMILES string of the molecule is CC(C)c1noc([C@H](C)Nc2cccc(Oc3ccc(C#N)cn3)c2)n1. The van der Waals surface area contributed by atoms with Gasteiger partial charge in [0.15, 0.2) is 5.82 Å². The molecule has 0 saturated heterocycles. The van der Waals surface area contributed by atoms with Crippen molar-refractivity contribution in [2.45, 2.75) is 32.7 Å². The van der Waals surface area contributed by atoms with Crippen LogP contribution in [0.5, 0.6) is 11.6 Å². The first-order valence-electron chi connectivity index (χ1n) is 8.29. The van der Waals surface area contributed by atoms with Gasteiger partial charge >= 0.3 is 0 Å². The van der Waals surface area contributed by atoms with Gasteiger partial charge in [0.25, 0.3) is 0 Å². The number of nitrogens with one attached hydrogen (secondary N) is 1. The monoisotopic (exact) mass is 349 g/mol. The van der Waals surface area contributed by atoms with E-state index >= 15 is 0 Å². The van der Waals surface area contributed by atoms with E-state index in [2.05, 4.69) is 20.4 Å². The zero-order valence-corrected chi connectivity index (χ0v) is 14.8. The van der Waals surface area contributed by atoms with Crippen LogP contribution in [0.25, 0.3) is 0 Å². The first kappa shape index (κ1) is 17.4. The van der Waals surface area contributed by atoms with Crippen LogP contribution in [0.2, 0.25) is 0 Å². The van der Waals surface area contributed by atoms with Gasteiger partial charge in [-0.05, 0) is 25.1 Å². The van der Waals surface area contributed by atoms with Gasteiger partial charge in [0.1, 0.15) is 17.9 Å². The summed E-state index contributed by atoms with van der Waals surface area (Å²) in [7, 11) is 0. The normalized spacial score (nSPS) is 11.8. The van der Waals surface area contributed by atoms with Gasteiger partial charge in [-0.15, -0.1) is 0 Å². The zero-order valence-electron chi connectivity index (χ0n) is 14.8. The summed E-state index contributed by atoms with van der Waals surface area (Å²) in [6, 6.07) is 12.7. The summed E-state index contributed by atoms with van der Waals surface area (Å²) in [6.45, 7) is 5.99.